The van der Waals surface area contributed by atoms with E-state index in [9.17, 15) is 0 Å². The van der Waals surface area contributed by atoms with Crippen LogP contribution in [0.2, 0.25) is 0 Å². The SMILES string of the molecule is CCC1(CNc2cc(C(C)C)ncn2)CCC1. The highest BCUT2D eigenvalue weighted by atomic mass is 15.0. The van der Waals surface area contributed by atoms with Crippen molar-refractivity contribution in [1.29, 1.82) is 0 Å². The first-order valence-corrected chi connectivity index (χ1v) is 6.71. The Bertz CT molecular complexity index is 364. The molecule has 94 valence electrons. The summed E-state index contributed by atoms with van der Waals surface area (Å²) in [5.41, 5.74) is 1.64. The lowest BCUT2D eigenvalue weighted by Crippen LogP contribution is -2.36. The second kappa shape index (κ2) is 5.03. The lowest BCUT2D eigenvalue weighted by molar-refractivity contribution is 0.145. The molecule has 0 saturated heterocycles. The first-order valence-electron chi connectivity index (χ1n) is 6.71. The molecule has 0 amide bonds. The van der Waals surface area contributed by atoms with Crippen LogP contribution in [-0.2, 0) is 0 Å². The first-order chi connectivity index (χ1) is 8.15. The fourth-order valence-corrected chi connectivity index (χ4v) is 2.39. The van der Waals surface area contributed by atoms with Crippen LogP contribution in [0.4, 0.5) is 5.82 Å². The minimum atomic E-state index is 0.461. The summed E-state index contributed by atoms with van der Waals surface area (Å²) in [6, 6.07) is 2.08. The summed E-state index contributed by atoms with van der Waals surface area (Å²) >= 11 is 0. The van der Waals surface area contributed by atoms with Crippen LogP contribution in [0.25, 0.3) is 0 Å². The minimum Gasteiger partial charge on any atom is -0.369 e. The van der Waals surface area contributed by atoms with Gasteiger partial charge in [0.25, 0.3) is 0 Å². The van der Waals surface area contributed by atoms with Gasteiger partial charge in [0.05, 0.1) is 0 Å². The maximum absolute atomic E-state index is 4.30. The highest BCUT2D eigenvalue weighted by molar-refractivity contribution is 5.36. The van der Waals surface area contributed by atoms with Crippen molar-refractivity contribution in [2.45, 2.75) is 52.4 Å². The van der Waals surface area contributed by atoms with Crippen LogP contribution in [0.3, 0.4) is 0 Å². The summed E-state index contributed by atoms with van der Waals surface area (Å²) in [5.74, 6) is 1.44. The van der Waals surface area contributed by atoms with Crippen molar-refractivity contribution in [3.63, 3.8) is 0 Å². The molecule has 3 heteroatoms. The fourth-order valence-electron chi connectivity index (χ4n) is 2.39. The molecule has 2 rings (SSSR count). The topological polar surface area (TPSA) is 37.8 Å². The molecule has 1 N–H and O–H groups in total. The first kappa shape index (κ1) is 12.3. The molecule has 0 aromatic carbocycles. The van der Waals surface area contributed by atoms with Crippen LogP contribution in [0, 0.1) is 5.41 Å². The Balaban J connectivity index is 1.96. The van der Waals surface area contributed by atoms with Gasteiger partial charge < -0.3 is 5.32 Å². The number of rotatable bonds is 5. The third-order valence-electron chi connectivity index (χ3n) is 4.09. The molecule has 0 unspecified atom stereocenters. The van der Waals surface area contributed by atoms with Gasteiger partial charge in [-0.25, -0.2) is 9.97 Å². The smallest absolute Gasteiger partial charge is 0.129 e. The minimum absolute atomic E-state index is 0.461. The Labute approximate surface area is 104 Å². The molecule has 1 heterocycles. The predicted octanol–water partition coefficient (Wildman–Crippen LogP) is 3.59. The molecule has 0 aliphatic heterocycles. The van der Waals surface area contributed by atoms with Crippen molar-refractivity contribution < 1.29 is 0 Å². The van der Waals surface area contributed by atoms with Crippen molar-refractivity contribution >= 4 is 5.82 Å². The van der Waals surface area contributed by atoms with Gasteiger partial charge in [0, 0.05) is 18.3 Å². The zero-order valence-electron chi connectivity index (χ0n) is 11.2. The molecule has 1 aromatic rings. The molecule has 17 heavy (non-hydrogen) atoms. The largest absolute Gasteiger partial charge is 0.369 e. The normalized spacial score (nSPS) is 17.9. The molecule has 0 spiro atoms. The van der Waals surface area contributed by atoms with E-state index in [0.717, 1.165) is 18.1 Å². The standard InChI is InChI=1S/C14H23N3/c1-4-14(6-5-7-14)9-15-13-8-12(11(2)3)16-10-17-13/h8,10-11H,4-7,9H2,1-3H3,(H,15,16,17). The van der Waals surface area contributed by atoms with E-state index in [2.05, 4.69) is 42.1 Å². The molecule has 1 aliphatic rings. The number of nitrogens with one attached hydrogen (secondary N) is 1. The van der Waals surface area contributed by atoms with Crippen molar-refractivity contribution in [3.8, 4) is 0 Å². The van der Waals surface area contributed by atoms with Crippen molar-refractivity contribution in [1.82, 2.24) is 9.97 Å². The Morgan fingerprint density at radius 1 is 1.35 bits per heavy atom. The quantitative estimate of drug-likeness (QED) is 0.844. The van der Waals surface area contributed by atoms with E-state index in [4.69, 9.17) is 0 Å². The molecule has 1 aliphatic carbocycles. The van der Waals surface area contributed by atoms with Gasteiger partial charge in [-0.05, 0) is 30.6 Å². The average Bonchev–Trinajstić information content (AvgIpc) is 2.28. The number of hydrogen-bond donors (Lipinski definition) is 1. The van der Waals surface area contributed by atoms with E-state index in [1.54, 1.807) is 6.33 Å². The summed E-state index contributed by atoms with van der Waals surface area (Å²) in [4.78, 5) is 8.58. The molecular formula is C14H23N3. The summed E-state index contributed by atoms with van der Waals surface area (Å²) in [6.45, 7) is 7.66. The molecule has 1 fully saturated rings. The van der Waals surface area contributed by atoms with Gasteiger partial charge in [0.2, 0.25) is 0 Å². The van der Waals surface area contributed by atoms with Crippen molar-refractivity contribution in [3.05, 3.63) is 18.1 Å². The van der Waals surface area contributed by atoms with E-state index < -0.39 is 0 Å². The Hall–Kier alpha value is -1.12. The number of aromatic nitrogens is 2. The van der Waals surface area contributed by atoms with Crippen molar-refractivity contribution in [2.75, 3.05) is 11.9 Å². The average molecular weight is 233 g/mol. The number of hydrogen-bond acceptors (Lipinski definition) is 3. The van der Waals surface area contributed by atoms with Gasteiger partial charge in [-0.15, -0.1) is 0 Å². The Morgan fingerprint density at radius 2 is 2.12 bits per heavy atom. The molecule has 1 aromatic heterocycles. The lowest BCUT2D eigenvalue weighted by Gasteiger charge is -2.41. The van der Waals surface area contributed by atoms with Gasteiger partial charge >= 0.3 is 0 Å². The summed E-state index contributed by atoms with van der Waals surface area (Å²) in [7, 11) is 0. The third-order valence-corrected chi connectivity index (χ3v) is 4.09. The van der Waals surface area contributed by atoms with Crippen LogP contribution in [0.1, 0.15) is 58.1 Å². The molecule has 1 saturated carbocycles. The second-order valence-electron chi connectivity index (χ2n) is 5.54. The lowest BCUT2D eigenvalue weighted by atomic mass is 9.67. The van der Waals surface area contributed by atoms with E-state index >= 15 is 0 Å². The van der Waals surface area contributed by atoms with Gasteiger partial charge in [0.15, 0.2) is 0 Å². The molecule has 3 nitrogen and oxygen atoms in total. The second-order valence-corrected chi connectivity index (χ2v) is 5.54. The monoisotopic (exact) mass is 233 g/mol. The molecule has 0 atom stereocenters. The van der Waals surface area contributed by atoms with Gasteiger partial charge in [-0.2, -0.15) is 0 Å². The summed E-state index contributed by atoms with van der Waals surface area (Å²) in [6.07, 6.45) is 7.03. The van der Waals surface area contributed by atoms with Crippen LogP contribution in [-0.4, -0.2) is 16.5 Å². The van der Waals surface area contributed by atoms with Crippen LogP contribution in [0.15, 0.2) is 12.4 Å². The molecule has 0 radical (unpaired) electrons. The predicted molar refractivity (Wildman–Crippen MR) is 71.2 cm³/mol. The summed E-state index contributed by atoms with van der Waals surface area (Å²) in [5, 5.41) is 3.48. The highest BCUT2D eigenvalue weighted by Crippen LogP contribution is 2.43. The zero-order chi connectivity index (χ0) is 12.3. The van der Waals surface area contributed by atoms with Crippen LogP contribution >= 0.6 is 0 Å². The third kappa shape index (κ3) is 2.76. The van der Waals surface area contributed by atoms with E-state index in [-0.39, 0.29) is 0 Å². The molecule has 0 bridgehead atoms. The highest BCUT2D eigenvalue weighted by Gasteiger charge is 2.34. The summed E-state index contributed by atoms with van der Waals surface area (Å²) < 4.78 is 0. The zero-order valence-corrected chi connectivity index (χ0v) is 11.2. The van der Waals surface area contributed by atoms with E-state index in [0.29, 0.717) is 11.3 Å². The van der Waals surface area contributed by atoms with Gasteiger partial charge in [-0.3, -0.25) is 0 Å². The van der Waals surface area contributed by atoms with Gasteiger partial charge in [0.1, 0.15) is 12.1 Å². The van der Waals surface area contributed by atoms with Crippen molar-refractivity contribution in [2.24, 2.45) is 5.41 Å². The van der Waals surface area contributed by atoms with Gasteiger partial charge in [-0.1, -0.05) is 27.2 Å². The fraction of sp³-hybridized carbons (Fsp3) is 0.714. The Morgan fingerprint density at radius 3 is 2.65 bits per heavy atom. The number of anilines is 1. The maximum atomic E-state index is 4.30. The van der Waals surface area contributed by atoms with E-state index in [1.807, 2.05) is 0 Å². The van der Waals surface area contributed by atoms with Crippen LogP contribution < -0.4 is 5.32 Å². The molecular weight excluding hydrogens is 210 g/mol. The number of nitrogens with zero attached hydrogens (tertiary/aromatic N) is 2. The maximum Gasteiger partial charge on any atom is 0.129 e. The van der Waals surface area contributed by atoms with Crippen LogP contribution in [0.5, 0.6) is 0 Å². The Kier molecular flexibility index (Phi) is 3.65. The van der Waals surface area contributed by atoms with E-state index in [1.165, 1.54) is 25.7 Å².